The van der Waals surface area contributed by atoms with E-state index in [0.717, 1.165) is 58.2 Å². The van der Waals surface area contributed by atoms with E-state index in [1.807, 2.05) is 12.3 Å². The molecule has 0 amide bonds. The summed E-state index contributed by atoms with van der Waals surface area (Å²) in [6, 6.07) is 4.02. The predicted octanol–water partition coefficient (Wildman–Crippen LogP) is 2.46. The molecule has 4 rings (SSSR count). The van der Waals surface area contributed by atoms with Crippen molar-refractivity contribution in [3.8, 4) is 0 Å². The SMILES string of the molecule is c1coc(CN2CCOC[C@@]3(CCN(Cc4nccs4)C3)C2)c1. The Morgan fingerprint density at radius 2 is 2.13 bits per heavy atom. The van der Waals surface area contributed by atoms with E-state index in [9.17, 15) is 0 Å². The zero-order chi connectivity index (χ0) is 15.5. The van der Waals surface area contributed by atoms with Crippen molar-refractivity contribution in [1.82, 2.24) is 14.8 Å². The summed E-state index contributed by atoms with van der Waals surface area (Å²) in [5.74, 6) is 1.04. The summed E-state index contributed by atoms with van der Waals surface area (Å²) in [5.41, 5.74) is 0.250. The van der Waals surface area contributed by atoms with Crippen LogP contribution in [-0.2, 0) is 17.8 Å². The van der Waals surface area contributed by atoms with Crippen molar-refractivity contribution in [2.24, 2.45) is 5.41 Å². The molecule has 6 heteroatoms. The standard InChI is InChI=1S/C17H23N3O2S/c1-2-15(22-7-1)10-20-6-8-21-14-17(13-20)3-5-19(12-17)11-16-18-4-9-23-16/h1-2,4,7,9H,3,5-6,8,10-14H2/t17-/m1/s1. The first-order chi connectivity index (χ1) is 11.3. The lowest BCUT2D eigenvalue weighted by molar-refractivity contribution is 0.0704. The monoisotopic (exact) mass is 333 g/mol. The lowest BCUT2D eigenvalue weighted by Crippen LogP contribution is -2.40. The minimum atomic E-state index is 0.250. The predicted molar refractivity (Wildman–Crippen MR) is 89.2 cm³/mol. The van der Waals surface area contributed by atoms with Gasteiger partial charge >= 0.3 is 0 Å². The van der Waals surface area contributed by atoms with Crippen LogP contribution in [0.1, 0.15) is 17.2 Å². The van der Waals surface area contributed by atoms with E-state index in [2.05, 4.69) is 26.2 Å². The highest BCUT2D eigenvalue weighted by atomic mass is 32.1. The molecule has 2 aliphatic rings. The van der Waals surface area contributed by atoms with Crippen LogP contribution in [0.25, 0.3) is 0 Å². The second-order valence-electron chi connectivity index (χ2n) is 6.73. The summed E-state index contributed by atoms with van der Waals surface area (Å²) < 4.78 is 11.5. The molecule has 0 saturated carbocycles. The lowest BCUT2D eigenvalue weighted by Gasteiger charge is -2.31. The second-order valence-corrected chi connectivity index (χ2v) is 7.71. The molecule has 0 bridgehead atoms. The Bertz CT molecular complexity index is 601. The van der Waals surface area contributed by atoms with E-state index >= 15 is 0 Å². The molecule has 2 aliphatic heterocycles. The molecule has 0 aliphatic carbocycles. The second kappa shape index (κ2) is 6.73. The minimum Gasteiger partial charge on any atom is -0.468 e. The summed E-state index contributed by atoms with van der Waals surface area (Å²) in [5, 5.41) is 3.27. The third-order valence-corrected chi connectivity index (χ3v) is 5.60. The third kappa shape index (κ3) is 3.66. The van der Waals surface area contributed by atoms with Crippen molar-refractivity contribution in [3.63, 3.8) is 0 Å². The van der Waals surface area contributed by atoms with E-state index in [0.29, 0.717) is 0 Å². The van der Waals surface area contributed by atoms with E-state index in [4.69, 9.17) is 9.15 Å². The van der Waals surface area contributed by atoms with Crippen LogP contribution in [0.5, 0.6) is 0 Å². The molecule has 0 N–H and O–H groups in total. The Morgan fingerprint density at radius 1 is 1.22 bits per heavy atom. The quantitative estimate of drug-likeness (QED) is 0.860. The first-order valence-corrected chi connectivity index (χ1v) is 9.13. The van der Waals surface area contributed by atoms with Crippen LogP contribution in [0.15, 0.2) is 34.4 Å². The fraction of sp³-hybridized carbons (Fsp3) is 0.588. The summed E-state index contributed by atoms with van der Waals surface area (Å²) in [7, 11) is 0. The summed E-state index contributed by atoms with van der Waals surface area (Å²) in [4.78, 5) is 9.43. The smallest absolute Gasteiger partial charge is 0.117 e. The Kier molecular flexibility index (Phi) is 4.48. The van der Waals surface area contributed by atoms with Gasteiger partial charge in [-0.15, -0.1) is 11.3 Å². The molecule has 1 spiro atoms. The normalized spacial score (nSPS) is 26.8. The van der Waals surface area contributed by atoms with Crippen LogP contribution >= 0.6 is 11.3 Å². The molecule has 0 unspecified atom stereocenters. The van der Waals surface area contributed by atoms with E-state index in [1.54, 1.807) is 17.6 Å². The van der Waals surface area contributed by atoms with Crippen molar-refractivity contribution in [1.29, 1.82) is 0 Å². The van der Waals surface area contributed by atoms with Crippen LogP contribution in [0.2, 0.25) is 0 Å². The van der Waals surface area contributed by atoms with Gasteiger partial charge < -0.3 is 9.15 Å². The molecule has 4 heterocycles. The number of ether oxygens (including phenoxy) is 1. The van der Waals surface area contributed by atoms with Gasteiger partial charge in [-0.05, 0) is 25.1 Å². The Hall–Kier alpha value is -1.21. The number of furan rings is 1. The Labute approximate surface area is 140 Å². The maximum atomic E-state index is 5.95. The molecule has 124 valence electrons. The van der Waals surface area contributed by atoms with Crippen LogP contribution in [0.4, 0.5) is 0 Å². The van der Waals surface area contributed by atoms with Crippen LogP contribution in [0, 0.1) is 5.41 Å². The number of rotatable bonds is 4. The van der Waals surface area contributed by atoms with Crippen LogP contribution in [0.3, 0.4) is 0 Å². The van der Waals surface area contributed by atoms with Gasteiger partial charge in [0.15, 0.2) is 0 Å². The number of hydrogen-bond acceptors (Lipinski definition) is 6. The van der Waals surface area contributed by atoms with Gasteiger partial charge in [-0.3, -0.25) is 9.80 Å². The molecule has 1 atom stereocenters. The van der Waals surface area contributed by atoms with Crippen molar-refractivity contribution in [3.05, 3.63) is 40.7 Å². The molecule has 0 radical (unpaired) electrons. The first-order valence-electron chi connectivity index (χ1n) is 8.25. The number of hydrogen-bond donors (Lipinski definition) is 0. The Balaban J connectivity index is 1.40. The number of thiazole rings is 1. The van der Waals surface area contributed by atoms with Crippen molar-refractivity contribution in [2.45, 2.75) is 19.5 Å². The van der Waals surface area contributed by atoms with Gasteiger partial charge in [0.1, 0.15) is 10.8 Å². The Morgan fingerprint density at radius 3 is 2.91 bits per heavy atom. The molecule has 23 heavy (non-hydrogen) atoms. The maximum Gasteiger partial charge on any atom is 0.117 e. The van der Waals surface area contributed by atoms with E-state index in [-0.39, 0.29) is 5.41 Å². The van der Waals surface area contributed by atoms with E-state index in [1.165, 1.54) is 11.4 Å². The van der Waals surface area contributed by atoms with Gasteiger partial charge in [0, 0.05) is 36.6 Å². The molecule has 5 nitrogen and oxygen atoms in total. The summed E-state index contributed by atoms with van der Waals surface area (Å²) in [6.45, 7) is 7.84. The van der Waals surface area contributed by atoms with Crippen molar-refractivity contribution < 1.29 is 9.15 Å². The molecule has 2 fully saturated rings. The molecular formula is C17H23N3O2S. The van der Waals surface area contributed by atoms with E-state index < -0.39 is 0 Å². The van der Waals surface area contributed by atoms with Gasteiger partial charge in [-0.1, -0.05) is 0 Å². The number of aromatic nitrogens is 1. The number of likely N-dealkylation sites (tertiary alicyclic amines) is 1. The van der Waals surface area contributed by atoms with Gasteiger partial charge in [0.05, 0.1) is 32.6 Å². The third-order valence-electron chi connectivity index (χ3n) is 4.84. The zero-order valence-electron chi connectivity index (χ0n) is 13.3. The highest BCUT2D eigenvalue weighted by Gasteiger charge is 2.41. The van der Waals surface area contributed by atoms with Crippen molar-refractivity contribution in [2.75, 3.05) is 39.4 Å². The fourth-order valence-corrected chi connectivity index (χ4v) is 4.43. The molecule has 2 aromatic rings. The average Bonchev–Trinajstić information content (AvgIpc) is 3.25. The van der Waals surface area contributed by atoms with Crippen LogP contribution in [-0.4, -0.2) is 54.2 Å². The maximum absolute atomic E-state index is 5.95. The fourth-order valence-electron chi connectivity index (χ4n) is 3.77. The summed E-state index contributed by atoms with van der Waals surface area (Å²) >= 11 is 1.75. The van der Waals surface area contributed by atoms with Gasteiger partial charge in [0.2, 0.25) is 0 Å². The minimum absolute atomic E-state index is 0.250. The van der Waals surface area contributed by atoms with Gasteiger partial charge in [0.25, 0.3) is 0 Å². The highest BCUT2D eigenvalue weighted by molar-refractivity contribution is 7.09. The largest absolute Gasteiger partial charge is 0.468 e. The summed E-state index contributed by atoms with van der Waals surface area (Å²) in [6.07, 6.45) is 4.85. The lowest BCUT2D eigenvalue weighted by atomic mass is 9.87. The van der Waals surface area contributed by atoms with Crippen LogP contribution < -0.4 is 0 Å². The van der Waals surface area contributed by atoms with Gasteiger partial charge in [-0.2, -0.15) is 0 Å². The average molecular weight is 333 g/mol. The zero-order valence-corrected chi connectivity index (χ0v) is 14.1. The molecule has 2 saturated heterocycles. The molecule has 2 aromatic heterocycles. The van der Waals surface area contributed by atoms with Gasteiger partial charge in [-0.25, -0.2) is 4.98 Å². The highest BCUT2D eigenvalue weighted by Crippen LogP contribution is 2.34. The van der Waals surface area contributed by atoms with Crippen molar-refractivity contribution >= 4 is 11.3 Å². The topological polar surface area (TPSA) is 41.7 Å². The number of nitrogens with zero attached hydrogens (tertiary/aromatic N) is 3. The molecule has 0 aromatic carbocycles. The molecular weight excluding hydrogens is 310 g/mol. The first kappa shape index (κ1) is 15.3.